The topological polar surface area (TPSA) is 51.4 Å². The van der Waals surface area contributed by atoms with Gasteiger partial charge in [-0.25, -0.2) is 0 Å². The third kappa shape index (κ3) is 5.28. The van der Waals surface area contributed by atoms with Crippen molar-refractivity contribution >= 4 is 0 Å². The number of rotatable bonds is 9. The van der Waals surface area contributed by atoms with E-state index in [0.29, 0.717) is 12.0 Å². The molecule has 0 radical (unpaired) electrons. The average Bonchev–Trinajstić information content (AvgIpc) is 3.12. The fraction of sp³-hybridized carbons (Fsp3) is 0.889. The van der Waals surface area contributed by atoms with Gasteiger partial charge in [-0.2, -0.15) is 4.98 Å². The van der Waals surface area contributed by atoms with Crippen LogP contribution >= 0.6 is 0 Å². The number of ether oxygens (including phenoxy) is 1. The number of aromatic nitrogens is 2. The van der Waals surface area contributed by atoms with Crippen molar-refractivity contribution in [3.8, 4) is 0 Å². The molecule has 130 valence electrons. The molecular weight excluding hydrogens is 290 g/mol. The number of aryl methyl sites for hydroxylation is 1. The molecular formula is C18H31N3O2. The van der Waals surface area contributed by atoms with Gasteiger partial charge in [-0.1, -0.05) is 25.4 Å². The second-order valence-electron chi connectivity index (χ2n) is 7.66. The standard InChI is InChI=1S/C18H31N3O2/c1-14(2)8-9-17-19-18(23-20-17)13-21(11-15-5-3-6-15)12-16-7-4-10-22-16/h14-16H,3-13H2,1-2H3. The zero-order chi connectivity index (χ0) is 16.1. The van der Waals surface area contributed by atoms with Crippen molar-refractivity contribution in [1.82, 2.24) is 15.0 Å². The van der Waals surface area contributed by atoms with E-state index < -0.39 is 0 Å². The Bertz CT molecular complexity index is 465. The first-order valence-corrected chi connectivity index (χ1v) is 9.34. The Morgan fingerprint density at radius 1 is 1.17 bits per heavy atom. The summed E-state index contributed by atoms with van der Waals surface area (Å²) in [7, 11) is 0. The van der Waals surface area contributed by atoms with Crippen LogP contribution in [0.2, 0.25) is 0 Å². The van der Waals surface area contributed by atoms with Crippen LogP contribution < -0.4 is 0 Å². The van der Waals surface area contributed by atoms with Crippen molar-refractivity contribution in [2.45, 2.75) is 71.4 Å². The molecule has 1 aliphatic carbocycles. The maximum Gasteiger partial charge on any atom is 0.240 e. The molecule has 1 unspecified atom stereocenters. The molecule has 5 heteroatoms. The van der Waals surface area contributed by atoms with Crippen molar-refractivity contribution in [2.75, 3.05) is 19.7 Å². The molecule has 1 aromatic rings. The molecule has 1 saturated carbocycles. The van der Waals surface area contributed by atoms with Crippen molar-refractivity contribution in [3.63, 3.8) is 0 Å². The highest BCUT2D eigenvalue weighted by Crippen LogP contribution is 2.28. The third-order valence-corrected chi connectivity index (χ3v) is 5.04. The Hall–Kier alpha value is -0.940. The largest absolute Gasteiger partial charge is 0.377 e. The monoisotopic (exact) mass is 321 g/mol. The van der Waals surface area contributed by atoms with Gasteiger partial charge in [0.15, 0.2) is 5.82 Å². The maximum atomic E-state index is 5.82. The van der Waals surface area contributed by atoms with Crippen LogP contribution in [0, 0.1) is 11.8 Å². The molecule has 2 heterocycles. The molecule has 3 rings (SSSR count). The normalized spacial score (nSPS) is 22.2. The van der Waals surface area contributed by atoms with Gasteiger partial charge >= 0.3 is 0 Å². The molecule has 1 aromatic heterocycles. The second-order valence-corrected chi connectivity index (χ2v) is 7.66. The highest BCUT2D eigenvalue weighted by Gasteiger charge is 2.25. The van der Waals surface area contributed by atoms with Crippen LogP contribution in [0.3, 0.4) is 0 Å². The summed E-state index contributed by atoms with van der Waals surface area (Å²) in [4.78, 5) is 7.06. The van der Waals surface area contributed by atoms with E-state index in [1.165, 1.54) is 32.1 Å². The molecule has 1 aliphatic heterocycles. The molecule has 2 aliphatic rings. The molecule has 0 bridgehead atoms. The molecule has 5 nitrogen and oxygen atoms in total. The van der Waals surface area contributed by atoms with E-state index in [4.69, 9.17) is 9.26 Å². The Kier molecular flexibility index (Phi) is 6.06. The molecule has 0 aromatic carbocycles. The van der Waals surface area contributed by atoms with Crippen LogP contribution in [0.4, 0.5) is 0 Å². The minimum absolute atomic E-state index is 0.387. The lowest BCUT2D eigenvalue weighted by Crippen LogP contribution is -2.37. The quantitative estimate of drug-likeness (QED) is 0.697. The van der Waals surface area contributed by atoms with Crippen molar-refractivity contribution in [2.24, 2.45) is 11.8 Å². The van der Waals surface area contributed by atoms with Gasteiger partial charge in [0.05, 0.1) is 12.6 Å². The van der Waals surface area contributed by atoms with Crippen LogP contribution in [-0.4, -0.2) is 40.8 Å². The molecule has 1 atom stereocenters. The number of hydrogen-bond donors (Lipinski definition) is 0. The van der Waals surface area contributed by atoms with Gasteiger partial charge in [0, 0.05) is 26.1 Å². The van der Waals surface area contributed by atoms with E-state index in [-0.39, 0.29) is 0 Å². The van der Waals surface area contributed by atoms with E-state index in [0.717, 1.165) is 56.7 Å². The van der Waals surface area contributed by atoms with E-state index in [9.17, 15) is 0 Å². The van der Waals surface area contributed by atoms with Crippen LogP contribution in [0.15, 0.2) is 4.52 Å². The first-order chi connectivity index (χ1) is 11.2. The van der Waals surface area contributed by atoms with Crippen LogP contribution in [-0.2, 0) is 17.7 Å². The predicted molar refractivity (Wildman–Crippen MR) is 89.0 cm³/mol. The molecule has 23 heavy (non-hydrogen) atoms. The zero-order valence-electron chi connectivity index (χ0n) is 14.7. The van der Waals surface area contributed by atoms with E-state index in [1.807, 2.05) is 0 Å². The minimum atomic E-state index is 0.387. The van der Waals surface area contributed by atoms with Gasteiger partial charge in [-0.05, 0) is 43.9 Å². The maximum absolute atomic E-state index is 5.82. The first-order valence-electron chi connectivity index (χ1n) is 9.34. The van der Waals surface area contributed by atoms with Gasteiger partial charge < -0.3 is 9.26 Å². The fourth-order valence-corrected chi connectivity index (χ4v) is 3.39. The summed E-state index contributed by atoms with van der Waals surface area (Å²) in [6.07, 6.45) is 8.91. The Morgan fingerprint density at radius 3 is 2.70 bits per heavy atom. The summed E-state index contributed by atoms with van der Waals surface area (Å²) in [5.41, 5.74) is 0. The lowest BCUT2D eigenvalue weighted by Gasteiger charge is -2.32. The lowest BCUT2D eigenvalue weighted by atomic mass is 9.85. The molecule has 1 saturated heterocycles. The highest BCUT2D eigenvalue weighted by molar-refractivity contribution is 4.88. The summed E-state index contributed by atoms with van der Waals surface area (Å²) in [5.74, 6) is 3.14. The summed E-state index contributed by atoms with van der Waals surface area (Å²) in [6.45, 7) is 8.28. The van der Waals surface area contributed by atoms with E-state index in [2.05, 4.69) is 28.9 Å². The molecule has 2 fully saturated rings. The van der Waals surface area contributed by atoms with Gasteiger partial charge in [-0.15, -0.1) is 0 Å². The number of hydrogen-bond acceptors (Lipinski definition) is 5. The van der Waals surface area contributed by atoms with Gasteiger partial charge in [0.25, 0.3) is 0 Å². The minimum Gasteiger partial charge on any atom is -0.377 e. The molecule has 0 amide bonds. The summed E-state index contributed by atoms with van der Waals surface area (Å²) in [6, 6.07) is 0. The van der Waals surface area contributed by atoms with Crippen LogP contribution in [0.25, 0.3) is 0 Å². The van der Waals surface area contributed by atoms with E-state index in [1.54, 1.807) is 0 Å². The molecule has 0 N–H and O–H groups in total. The van der Waals surface area contributed by atoms with Crippen molar-refractivity contribution < 1.29 is 9.26 Å². The van der Waals surface area contributed by atoms with Gasteiger partial charge in [0.1, 0.15) is 0 Å². The summed E-state index contributed by atoms with van der Waals surface area (Å²) in [5, 5.41) is 4.14. The van der Waals surface area contributed by atoms with Crippen LogP contribution in [0.1, 0.15) is 64.1 Å². The highest BCUT2D eigenvalue weighted by atomic mass is 16.5. The smallest absolute Gasteiger partial charge is 0.240 e. The Morgan fingerprint density at radius 2 is 2.04 bits per heavy atom. The first kappa shape index (κ1) is 16.9. The molecule has 0 spiro atoms. The third-order valence-electron chi connectivity index (χ3n) is 5.04. The number of nitrogens with zero attached hydrogens (tertiary/aromatic N) is 3. The Labute approximate surface area is 139 Å². The predicted octanol–water partition coefficient (Wildman–Crippen LogP) is 3.44. The van der Waals surface area contributed by atoms with Crippen molar-refractivity contribution in [1.29, 1.82) is 0 Å². The zero-order valence-corrected chi connectivity index (χ0v) is 14.7. The second kappa shape index (κ2) is 8.25. The van der Waals surface area contributed by atoms with Crippen LogP contribution in [0.5, 0.6) is 0 Å². The van der Waals surface area contributed by atoms with Gasteiger partial charge in [-0.3, -0.25) is 4.90 Å². The van der Waals surface area contributed by atoms with Crippen molar-refractivity contribution in [3.05, 3.63) is 11.7 Å². The lowest BCUT2D eigenvalue weighted by molar-refractivity contribution is 0.0538. The SMILES string of the molecule is CC(C)CCc1noc(CN(CC2CCC2)CC2CCCO2)n1. The van der Waals surface area contributed by atoms with Gasteiger partial charge in [0.2, 0.25) is 5.89 Å². The summed E-state index contributed by atoms with van der Waals surface area (Å²) >= 11 is 0. The van der Waals surface area contributed by atoms with E-state index >= 15 is 0 Å². The fourth-order valence-electron chi connectivity index (χ4n) is 3.39. The summed E-state index contributed by atoms with van der Waals surface area (Å²) < 4.78 is 11.3. The average molecular weight is 321 g/mol. The Balaban J connectivity index is 1.53.